The Balaban J connectivity index is 2.16. The fourth-order valence-corrected chi connectivity index (χ4v) is 1.83. The summed E-state index contributed by atoms with van der Waals surface area (Å²) in [7, 11) is 1.96. The van der Waals surface area contributed by atoms with Gasteiger partial charge in [-0.2, -0.15) is 4.98 Å². The van der Waals surface area contributed by atoms with E-state index in [-0.39, 0.29) is 0 Å². The smallest absolute Gasteiger partial charge is 0.301 e. The van der Waals surface area contributed by atoms with Gasteiger partial charge < -0.3 is 9.73 Å². The Morgan fingerprint density at radius 2 is 2.11 bits per heavy atom. The molecule has 0 radical (unpaired) electrons. The third-order valence-electron chi connectivity index (χ3n) is 2.86. The van der Waals surface area contributed by atoms with Gasteiger partial charge in [-0.05, 0) is 25.1 Å². The van der Waals surface area contributed by atoms with Crippen LogP contribution in [0.25, 0.3) is 0 Å². The molecule has 0 aliphatic carbocycles. The molecule has 0 saturated carbocycles. The summed E-state index contributed by atoms with van der Waals surface area (Å²) in [6.07, 6.45) is 1.70. The normalized spacial score (nSPS) is 10.6. The quantitative estimate of drug-likeness (QED) is 0.879. The molecule has 0 saturated heterocycles. The second-order valence-corrected chi connectivity index (χ2v) is 4.25. The van der Waals surface area contributed by atoms with Gasteiger partial charge in [0.2, 0.25) is 0 Å². The zero-order valence-corrected chi connectivity index (χ0v) is 11.1. The molecular formula is C14H19N3O. The summed E-state index contributed by atoms with van der Waals surface area (Å²) in [5, 5.41) is 3.23. The molecule has 0 aliphatic rings. The molecule has 0 amide bonds. The topological polar surface area (TPSA) is 41.3 Å². The number of benzene rings is 1. The number of hydrogen-bond donors (Lipinski definition) is 1. The van der Waals surface area contributed by atoms with Crippen molar-refractivity contribution < 1.29 is 4.42 Å². The standard InChI is InChI=1S/C14H19N3O/c1-4-15-9-12-10-18-14(16-12)17(3)13-8-6-5-7-11(13)2/h5-8,10,15H,4,9H2,1-3H3. The molecule has 4 heteroatoms. The van der Waals surface area contributed by atoms with Gasteiger partial charge in [0.15, 0.2) is 0 Å². The van der Waals surface area contributed by atoms with Crippen LogP contribution < -0.4 is 10.2 Å². The van der Waals surface area contributed by atoms with Gasteiger partial charge >= 0.3 is 6.01 Å². The maximum Gasteiger partial charge on any atom is 0.301 e. The monoisotopic (exact) mass is 245 g/mol. The number of oxazole rings is 1. The number of rotatable bonds is 5. The molecule has 1 N–H and O–H groups in total. The van der Waals surface area contributed by atoms with E-state index in [0.29, 0.717) is 6.01 Å². The van der Waals surface area contributed by atoms with Crippen LogP contribution in [0.2, 0.25) is 0 Å². The van der Waals surface area contributed by atoms with Crippen molar-refractivity contribution in [3.05, 3.63) is 41.8 Å². The lowest BCUT2D eigenvalue weighted by molar-refractivity contribution is 0.558. The first-order chi connectivity index (χ1) is 8.72. The molecule has 0 unspecified atom stereocenters. The minimum Gasteiger partial charge on any atom is -0.431 e. The summed E-state index contributed by atoms with van der Waals surface area (Å²) in [5.74, 6) is 0. The first kappa shape index (κ1) is 12.6. The van der Waals surface area contributed by atoms with Crippen LogP contribution in [0, 0.1) is 6.92 Å². The van der Waals surface area contributed by atoms with Crippen LogP contribution in [0.15, 0.2) is 34.9 Å². The van der Waals surface area contributed by atoms with E-state index in [1.165, 1.54) is 5.56 Å². The Morgan fingerprint density at radius 3 is 2.83 bits per heavy atom. The Labute approximate surface area is 108 Å². The van der Waals surface area contributed by atoms with Crippen molar-refractivity contribution in [3.63, 3.8) is 0 Å². The van der Waals surface area contributed by atoms with Crippen LogP contribution in [-0.2, 0) is 6.54 Å². The molecule has 2 aromatic rings. The molecule has 0 fully saturated rings. The highest BCUT2D eigenvalue weighted by atomic mass is 16.4. The zero-order valence-electron chi connectivity index (χ0n) is 11.1. The van der Waals surface area contributed by atoms with E-state index in [0.717, 1.165) is 24.5 Å². The van der Waals surface area contributed by atoms with E-state index in [9.17, 15) is 0 Å². The Kier molecular flexibility index (Phi) is 3.99. The molecule has 96 valence electrons. The maximum atomic E-state index is 5.51. The van der Waals surface area contributed by atoms with Gasteiger partial charge in [0.05, 0.1) is 5.69 Å². The number of nitrogens with one attached hydrogen (secondary N) is 1. The predicted octanol–water partition coefficient (Wildman–Crippen LogP) is 2.86. The molecule has 1 heterocycles. The molecule has 1 aromatic carbocycles. The Hall–Kier alpha value is -1.81. The highest BCUT2D eigenvalue weighted by molar-refractivity contribution is 5.59. The second-order valence-electron chi connectivity index (χ2n) is 4.25. The number of aromatic nitrogens is 1. The van der Waals surface area contributed by atoms with Gasteiger partial charge in [-0.15, -0.1) is 0 Å². The molecule has 18 heavy (non-hydrogen) atoms. The van der Waals surface area contributed by atoms with Crippen molar-refractivity contribution >= 4 is 11.7 Å². The van der Waals surface area contributed by atoms with Gasteiger partial charge in [0.25, 0.3) is 0 Å². The highest BCUT2D eigenvalue weighted by Gasteiger charge is 2.12. The van der Waals surface area contributed by atoms with E-state index >= 15 is 0 Å². The number of anilines is 2. The average Bonchev–Trinajstić information content (AvgIpc) is 2.85. The predicted molar refractivity (Wildman–Crippen MR) is 73.1 cm³/mol. The average molecular weight is 245 g/mol. The van der Waals surface area contributed by atoms with Crippen LogP contribution in [-0.4, -0.2) is 18.6 Å². The Bertz CT molecular complexity index is 507. The molecule has 0 atom stereocenters. The first-order valence-electron chi connectivity index (χ1n) is 6.17. The fourth-order valence-electron chi connectivity index (χ4n) is 1.83. The third-order valence-corrected chi connectivity index (χ3v) is 2.86. The van der Waals surface area contributed by atoms with Gasteiger partial charge in [-0.1, -0.05) is 25.1 Å². The minimum absolute atomic E-state index is 0.622. The molecule has 4 nitrogen and oxygen atoms in total. The fraction of sp³-hybridized carbons (Fsp3) is 0.357. The van der Waals surface area contributed by atoms with Gasteiger partial charge in [0, 0.05) is 19.3 Å². The van der Waals surface area contributed by atoms with E-state index in [2.05, 4.69) is 36.3 Å². The van der Waals surface area contributed by atoms with Gasteiger partial charge in [-0.3, -0.25) is 4.90 Å². The largest absolute Gasteiger partial charge is 0.431 e. The van der Waals surface area contributed by atoms with Crippen molar-refractivity contribution in [2.75, 3.05) is 18.5 Å². The molecule has 0 spiro atoms. The van der Waals surface area contributed by atoms with Crippen molar-refractivity contribution in [1.82, 2.24) is 10.3 Å². The van der Waals surface area contributed by atoms with Crippen molar-refractivity contribution in [2.24, 2.45) is 0 Å². The lowest BCUT2D eigenvalue weighted by Gasteiger charge is -2.16. The van der Waals surface area contributed by atoms with E-state index in [1.807, 2.05) is 24.1 Å². The summed E-state index contributed by atoms with van der Waals surface area (Å²) < 4.78 is 5.51. The number of para-hydroxylation sites is 1. The van der Waals surface area contributed by atoms with Crippen molar-refractivity contribution in [2.45, 2.75) is 20.4 Å². The maximum absolute atomic E-state index is 5.51. The van der Waals surface area contributed by atoms with Crippen LogP contribution in [0.4, 0.5) is 11.7 Å². The summed E-state index contributed by atoms with van der Waals surface area (Å²) in [6.45, 7) is 5.81. The lowest BCUT2D eigenvalue weighted by atomic mass is 10.2. The van der Waals surface area contributed by atoms with Crippen LogP contribution in [0.1, 0.15) is 18.2 Å². The zero-order chi connectivity index (χ0) is 13.0. The summed E-state index contributed by atoms with van der Waals surface area (Å²) in [5.41, 5.74) is 3.23. The van der Waals surface area contributed by atoms with Crippen LogP contribution in [0.3, 0.4) is 0 Å². The van der Waals surface area contributed by atoms with Crippen molar-refractivity contribution in [1.29, 1.82) is 0 Å². The summed E-state index contributed by atoms with van der Waals surface area (Å²) >= 11 is 0. The second kappa shape index (κ2) is 5.69. The Morgan fingerprint density at radius 1 is 1.33 bits per heavy atom. The molecule has 0 bridgehead atoms. The molecule has 2 rings (SSSR count). The van der Waals surface area contributed by atoms with Crippen molar-refractivity contribution in [3.8, 4) is 0 Å². The lowest BCUT2D eigenvalue weighted by Crippen LogP contribution is -2.13. The van der Waals surface area contributed by atoms with Crippen LogP contribution >= 0.6 is 0 Å². The number of aryl methyl sites for hydroxylation is 1. The van der Waals surface area contributed by atoms with E-state index in [1.54, 1.807) is 6.26 Å². The summed E-state index contributed by atoms with van der Waals surface area (Å²) in [4.78, 5) is 6.43. The summed E-state index contributed by atoms with van der Waals surface area (Å²) in [6, 6.07) is 8.80. The van der Waals surface area contributed by atoms with Crippen LogP contribution in [0.5, 0.6) is 0 Å². The number of nitrogens with zero attached hydrogens (tertiary/aromatic N) is 2. The molecule has 0 aliphatic heterocycles. The van der Waals surface area contributed by atoms with E-state index < -0.39 is 0 Å². The first-order valence-corrected chi connectivity index (χ1v) is 6.17. The minimum atomic E-state index is 0.622. The van der Waals surface area contributed by atoms with Gasteiger partial charge in [0.1, 0.15) is 6.26 Å². The highest BCUT2D eigenvalue weighted by Crippen LogP contribution is 2.25. The number of hydrogen-bond acceptors (Lipinski definition) is 4. The van der Waals surface area contributed by atoms with Gasteiger partial charge in [-0.25, -0.2) is 0 Å². The molecular weight excluding hydrogens is 226 g/mol. The SMILES string of the molecule is CCNCc1coc(N(C)c2ccccc2C)n1. The van der Waals surface area contributed by atoms with E-state index in [4.69, 9.17) is 4.42 Å². The third kappa shape index (κ3) is 2.71. The molecule has 1 aromatic heterocycles.